The third-order valence-corrected chi connectivity index (χ3v) is 6.51. The van der Waals surface area contributed by atoms with Crippen LogP contribution in [0.25, 0.3) is 0 Å². The number of hydrogen-bond acceptors (Lipinski definition) is 6. The van der Waals surface area contributed by atoms with Gasteiger partial charge < -0.3 is 10.2 Å². The summed E-state index contributed by atoms with van der Waals surface area (Å²) < 4.78 is 54.1. The number of piperidine rings is 1. The lowest BCUT2D eigenvalue weighted by Crippen LogP contribution is -2.30. The SMILES string of the molecule is Cc1nc(Nc2ccc(NS(=O)(=O)c3ccc(F)cc3F)cc2)cc(N2CCCCC2)n1. The van der Waals surface area contributed by atoms with Crippen molar-refractivity contribution in [2.24, 2.45) is 0 Å². The Morgan fingerprint density at radius 2 is 1.59 bits per heavy atom. The Bertz CT molecular complexity index is 1210. The summed E-state index contributed by atoms with van der Waals surface area (Å²) in [7, 11) is -4.19. The van der Waals surface area contributed by atoms with E-state index in [1.54, 1.807) is 24.3 Å². The van der Waals surface area contributed by atoms with E-state index >= 15 is 0 Å². The summed E-state index contributed by atoms with van der Waals surface area (Å²) in [5, 5.41) is 3.20. The molecular formula is C22H23F2N5O2S. The van der Waals surface area contributed by atoms with Gasteiger partial charge in [0.2, 0.25) is 0 Å². The van der Waals surface area contributed by atoms with Gasteiger partial charge in [0.15, 0.2) is 0 Å². The van der Waals surface area contributed by atoms with Gasteiger partial charge in [0, 0.05) is 36.6 Å². The summed E-state index contributed by atoms with van der Waals surface area (Å²) in [5.41, 5.74) is 0.941. The minimum absolute atomic E-state index is 0.243. The van der Waals surface area contributed by atoms with E-state index in [2.05, 4.69) is 24.9 Å². The maximum atomic E-state index is 13.9. The predicted molar refractivity (Wildman–Crippen MR) is 120 cm³/mol. The molecule has 32 heavy (non-hydrogen) atoms. The van der Waals surface area contributed by atoms with Crippen LogP contribution in [0.2, 0.25) is 0 Å². The highest BCUT2D eigenvalue weighted by Gasteiger charge is 2.20. The van der Waals surface area contributed by atoms with Crippen LogP contribution in [0.15, 0.2) is 53.4 Å². The van der Waals surface area contributed by atoms with E-state index in [1.807, 2.05) is 13.0 Å². The lowest BCUT2D eigenvalue weighted by Gasteiger charge is -2.28. The van der Waals surface area contributed by atoms with Crippen LogP contribution in [0.1, 0.15) is 25.1 Å². The van der Waals surface area contributed by atoms with Crippen LogP contribution in [0.4, 0.5) is 31.8 Å². The number of aryl methyl sites for hydroxylation is 1. The molecule has 0 radical (unpaired) electrons. The minimum Gasteiger partial charge on any atom is -0.356 e. The van der Waals surface area contributed by atoms with Gasteiger partial charge in [-0.25, -0.2) is 27.2 Å². The average molecular weight is 460 g/mol. The van der Waals surface area contributed by atoms with E-state index in [0.717, 1.165) is 43.9 Å². The summed E-state index contributed by atoms with van der Waals surface area (Å²) in [6.45, 7) is 3.78. The van der Waals surface area contributed by atoms with E-state index in [4.69, 9.17) is 0 Å². The lowest BCUT2D eigenvalue weighted by molar-refractivity contribution is 0.551. The normalized spacial score (nSPS) is 14.3. The van der Waals surface area contributed by atoms with Crippen molar-refractivity contribution in [2.45, 2.75) is 31.1 Å². The van der Waals surface area contributed by atoms with Gasteiger partial charge in [-0.15, -0.1) is 0 Å². The molecule has 3 aromatic rings. The largest absolute Gasteiger partial charge is 0.356 e. The number of hydrogen-bond donors (Lipinski definition) is 2. The smallest absolute Gasteiger partial charge is 0.264 e. The van der Waals surface area contributed by atoms with Crippen LogP contribution in [0.3, 0.4) is 0 Å². The van der Waals surface area contributed by atoms with Crippen LogP contribution < -0.4 is 14.9 Å². The number of sulfonamides is 1. The highest BCUT2D eigenvalue weighted by Crippen LogP contribution is 2.25. The molecule has 1 aliphatic heterocycles. The Labute approximate surface area is 185 Å². The zero-order valence-electron chi connectivity index (χ0n) is 17.5. The van der Waals surface area contributed by atoms with Gasteiger partial charge >= 0.3 is 0 Å². The van der Waals surface area contributed by atoms with Crippen LogP contribution in [-0.4, -0.2) is 31.5 Å². The maximum absolute atomic E-state index is 13.9. The molecule has 0 aliphatic carbocycles. The van der Waals surface area contributed by atoms with E-state index in [-0.39, 0.29) is 5.69 Å². The van der Waals surface area contributed by atoms with Crippen molar-refractivity contribution in [2.75, 3.05) is 28.0 Å². The third-order valence-electron chi connectivity index (χ3n) is 5.10. The zero-order chi connectivity index (χ0) is 22.7. The van der Waals surface area contributed by atoms with Gasteiger partial charge in [-0.2, -0.15) is 0 Å². The zero-order valence-corrected chi connectivity index (χ0v) is 18.3. The van der Waals surface area contributed by atoms with Gasteiger partial charge in [-0.3, -0.25) is 4.72 Å². The molecule has 7 nitrogen and oxygen atoms in total. The molecule has 168 valence electrons. The fourth-order valence-corrected chi connectivity index (χ4v) is 4.69. The first-order valence-electron chi connectivity index (χ1n) is 10.3. The van der Waals surface area contributed by atoms with Crippen LogP contribution >= 0.6 is 0 Å². The number of benzene rings is 2. The van der Waals surface area contributed by atoms with Gasteiger partial charge in [0.25, 0.3) is 10.0 Å². The third kappa shape index (κ3) is 5.13. The fraction of sp³-hybridized carbons (Fsp3) is 0.273. The van der Waals surface area contributed by atoms with Gasteiger partial charge in [0.05, 0.1) is 0 Å². The van der Waals surface area contributed by atoms with E-state index < -0.39 is 26.6 Å². The standard InChI is InChI=1S/C22H23F2N5O2S/c1-15-25-21(14-22(26-15)29-11-3-2-4-12-29)27-17-6-8-18(9-7-17)28-32(30,31)20-10-5-16(23)13-19(20)24/h5-10,13-14,28H,2-4,11-12H2,1H3,(H,25,26,27). The summed E-state index contributed by atoms with van der Waals surface area (Å²) in [5.74, 6) is 0.172. The van der Waals surface area contributed by atoms with Gasteiger partial charge in [-0.05, 0) is 62.6 Å². The first-order valence-corrected chi connectivity index (χ1v) is 11.7. The summed E-state index contributed by atoms with van der Waals surface area (Å²) in [6.07, 6.45) is 3.52. The fourth-order valence-electron chi connectivity index (χ4n) is 3.57. The van der Waals surface area contributed by atoms with Crippen molar-refractivity contribution in [3.63, 3.8) is 0 Å². The molecule has 1 aliphatic rings. The number of nitrogens with one attached hydrogen (secondary N) is 2. The molecule has 1 fully saturated rings. The van der Waals surface area contributed by atoms with Crippen molar-refractivity contribution in [1.29, 1.82) is 0 Å². The number of aromatic nitrogens is 2. The quantitative estimate of drug-likeness (QED) is 0.560. The average Bonchev–Trinajstić information content (AvgIpc) is 2.75. The van der Waals surface area contributed by atoms with Crippen molar-refractivity contribution >= 4 is 33.0 Å². The lowest BCUT2D eigenvalue weighted by atomic mass is 10.1. The Balaban J connectivity index is 1.48. The monoisotopic (exact) mass is 459 g/mol. The first kappa shape index (κ1) is 21.9. The number of halogens is 2. The topological polar surface area (TPSA) is 87.2 Å². The maximum Gasteiger partial charge on any atom is 0.264 e. The molecule has 1 aromatic heterocycles. The number of anilines is 4. The van der Waals surface area contributed by atoms with Gasteiger partial charge in [0.1, 0.15) is 34.0 Å². The highest BCUT2D eigenvalue weighted by atomic mass is 32.2. The Morgan fingerprint density at radius 1 is 0.906 bits per heavy atom. The molecule has 0 atom stereocenters. The molecule has 0 saturated carbocycles. The highest BCUT2D eigenvalue weighted by molar-refractivity contribution is 7.92. The second kappa shape index (κ2) is 9.07. The van der Waals surface area contributed by atoms with Crippen molar-refractivity contribution in [3.8, 4) is 0 Å². The second-order valence-electron chi connectivity index (χ2n) is 7.59. The Hall–Kier alpha value is -3.27. The van der Waals surface area contributed by atoms with Crippen molar-refractivity contribution in [3.05, 3.63) is 66.0 Å². The molecule has 10 heteroatoms. The molecule has 1 saturated heterocycles. The molecule has 0 bridgehead atoms. The van der Waals surface area contributed by atoms with E-state index in [9.17, 15) is 17.2 Å². The second-order valence-corrected chi connectivity index (χ2v) is 9.24. The molecule has 0 spiro atoms. The van der Waals surface area contributed by atoms with E-state index in [1.165, 1.54) is 6.42 Å². The molecule has 2 heterocycles. The Morgan fingerprint density at radius 3 is 2.28 bits per heavy atom. The number of rotatable bonds is 6. The molecular weight excluding hydrogens is 436 g/mol. The first-order chi connectivity index (χ1) is 15.3. The van der Waals surface area contributed by atoms with Gasteiger partial charge in [-0.1, -0.05) is 0 Å². The van der Waals surface area contributed by atoms with Crippen molar-refractivity contribution < 1.29 is 17.2 Å². The van der Waals surface area contributed by atoms with Crippen LogP contribution in [0.5, 0.6) is 0 Å². The predicted octanol–water partition coefficient (Wildman–Crippen LogP) is 4.60. The summed E-state index contributed by atoms with van der Waals surface area (Å²) in [6, 6.07) is 10.7. The molecule has 0 unspecified atom stereocenters. The number of nitrogens with zero attached hydrogens (tertiary/aromatic N) is 3. The molecule has 0 amide bonds. The summed E-state index contributed by atoms with van der Waals surface area (Å²) in [4.78, 5) is 10.6. The molecule has 2 aromatic carbocycles. The summed E-state index contributed by atoms with van der Waals surface area (Å²) >= 11 is 0. The Kier molecular flexibility index (Phi) is 6.22. The van der Waals surface area contributed by atoms with Crippen LogP contribution in [-0.2, 0) is 10.0 Å². The van der Waals surface area contributed by atoms with Crippen molar-refractivity contribution in [1.82, 2.24) is 9.97 Å². The molecule has 2 N–H and O–H groups in total. The minimum atomic E-state index is -4.19. The molecule has 4 rings (SSSR count). The van der Waals surface area contributed by atoms with E-state index in [0.29, 0.717) is 23.4 Å². The van der Waals surface area contributed by atoms with Crippen LogP contribution in [0, 0.1) is 18.6 Å².